The maximum absolute atomic E-state index is 12.9. The number of anilines is 3. The second-order valence-corrected chi connectivity index (χ2v) is 5.72. The topological polar surface area (TPSA) is 49.8 Å². The summed E-state index contributed by atoms with van der Waals surface area (Å²) in [5, 5.41) is 5.64. The standard InChI is InChI=1S/C14H14BrF3N4/c1-8(2)19-13-21-11(14(16,17)18)7-12(22-13)20-10-6-4-3-5-9(10)15/h3-8H,1-2H3,(H2,19,20,21,22). The molecule has 0 saturated carbocycles. The van der Waals surface area contributed by atoms with Gasteiger partial charge in [-0.3, -0.25) is 0 Å². The quantitative estimate of drug-likeness (QED) is 0.805. The summed E-state index contributed by atoms with van der Waals surface area (Å²) in [7, 11) is 0. The first-order valence-electron chi connectivity index (χ1n) is 6.50. The van der Waals surface area contributed by atoms with Gasteiger partial charge in [-0.2, -0.15) is 18.2 Å². The third-order valence-corrected chi connectivity index (χ3v) is 3.26. The maximum Gasteiger partial charge on any atom is 0.433 e. The summed E-state index contributed by atoms with van der Waals surface area (Å²) in [6.07, 6.45) is -4.54. The van der Waals surface area contributed by atoms with E-state index in [4.69, 9.17) is 0 Å². The van der Waals surface area contributed by atoms with Crippen LogP contribution in [-0.2, 0) is 6.18 Å². The van der Waals surface area contributed by atoms with Crippen LogP contribution in [0, 0.1) is 0 Å². The van der Waals surface area contributed by atoms with Gasteiger partial charge in [0.2, 0.25) is 5.95 Å². The fourth-order valence-corrected chi connectivity index (χ4v) is 2.06. The van der Waals surface area contributed by atoms with Gasteiger partial charge >= 0.3 is 6.18 Å². The van der Waals surface area contributed by atoms with Crippen LogP contribution in [-0.4, -0.2) is 16.0 Å². The molecule has 0 saturated heterocycles. The number of nitrogens with one attached hydrogen (secondary N) is 2. The first-order chi connectivity index (χ1) is 10.3. The van der Waals surface area contributed by atoms with Crippen molar-refractivity contribution in [2.45, 2.75) is 26.1 Å². The Morgan fingerprint density at radius 1 is 1.14 bits per heavy atom. The Hall–Kier alpha value is -1.83. The lowest BCUT2D eigenvalue weighted by molar-refractivity contribution is -0.141. The lowest BCUT2D eigenvalue weighted by atomic mass is 10.3. The van der Waals surface area contributed by atoms with Crippen molar-refractivity contribution in [1.29, 1.82) is 0 Å². The molecular weight excluding hydrogens is 361 g/mol. The predicted molar refractivity (Wildman–Crippen MR) is 83.2 cm³/mol. The summed E-state index contributed by atoms with van der Waals surface area (Å²) in [6, 6.07) is 7.88. The summed E-state index contributed by atoms with van der Waals surface area (Å²) < 4.78 is 39.6. The van der Waals surface area contributed by atoms with Gasteiger partial charge in [-0.05, 0) is 41.9 Å². The molecule has 0 spiro atoms. The molecule has 0 fully saturated rings. The molecule has 22 heavy (non-hydrogen) atoms. The van der Waals surface area contributed by atoms with E-state index < -0.39 is 11.9 Å². The Bertz CT molecular complexity index is 659. The molecule has 8 heteroatoms. The van der Waals surface area contributed by atoms with E-state index in [2.05, 4.69) is 36.5 Å². The molecule has 2 N–H and O–H groups in total. The Balaban J connectivity index is 2.39. The van der Waals surface area contributed by atoms with E-state index >= 15 is 0 Å². The Morgan fingerprint density at radius 2 is 1.82 bits per heavy atom. The minimum absolute atomic E-state index is 0.0670. The van der Waals surface area contributed by atoms with E-state index in [0.717, 1.165) is 10.5 Å². The second-order valence-electron chi connectivity index (χ2n) is 4.86. The molecule has 0 aliphatic carbocycles. The van der Waals surface area contributed by atoms with E-state index in [9.17, 15) is 13.2 Å². The van der Waals surface area contributed by atoms with Crippen LogP contribution in [0.2, 0.25) is 0 Å². The second kappa shape index (κ2) is 6.51. The molecule has 1 heterocycles. The van der Waals surface area contributed by atoms with Gasteiger partial charge in [0.15, 0.2) is 5.69 Å². The van der Waals surface area contributed by atoms with Crippen molar-refractivity contribution in [2.75, 3.05) is 10.6 Å². The van der Waals surface area contributed by atoms with Crippen molar-refractivity contribution >= 4 is 33.4 Å². The lowest BCUT2D eigenvalue weighted by Gasteiger charge is -2.14. The SMILES string of the molecule is CC(C)Nc1nc(Nc2ccccc2Br)cc(C(F)(F)F)n1. The molecule has 2 aromatic rings. The van der Waals surface area contributed by atoms with E-state index in [1.54, 1.807) is 32.0 Å². The van der Waals surface area contributed by atoms with Gasteiger partial charge < -0.3 is 10.6 Å². The van der Waals surface area contributed by atoms with Gasteiger partial charge in [0.25, 0.3) is 0 Å². The minimum atomic E-state index is -4.54. The number of nitrogens with zero attached hydrogens (tertiary/aromatic N) is 2. The van der Waals surface area contributed by atoms with Crippen LogP contribution in [0.3, 0.4) is 0 Å². The first kappa shape index (κ1) is 16.5. The third-order valence-electron chi connectivity index (χ3n) is 2.57. The summed E-state index contributed by atoms with van der Waals surface area (Å²) in [5.41, 5.74) is -0.384. The predicted octanol–water partition coefficient (Wildman–Crippen LogP) is 4.82. The fourth-order valence-electron chi connectivity index (χ4n) is 1.68. The minimum Gasteiger partial charge on any atom is -0.352 e. The molecule has 0 bridgehead atoms. The van der Waals surface area contributed by atoms with E-state index in [1.165, 1.54) is 0 Å². The molecule has 1 aromatic heterocycles. The third kappa shape index (κ3) is 4.33. The Labute approximate surface area is 134 Å². The number of hydrogen-bond acceptors (Lipinski definition) is 4. The van der Waals surface area contributed by atoms with Crippen LogP contribution >= 0.6 is 15.9 Å². The molecule has 4 nitrogen and oxygen atoms in total. The molecule has 0 atom stereocenters. The van der Waals surface area contributed by atoms with Crippen LogP contribution in [0.15, 0.2) is 34.8 Å². The molecule has 118 valence electrons. The van der Waals surface area contributed by atoms with Crippen LogP contribution < -0.4 is 10.6 Å². The van der Waals surface area contributed by atoms with Crippen molar-refractivity contribution < 1.29 is 13.2 Å². The number of aromatic nitrogens is 2. The zero-order valence-electron chi connectivity index (χ0n) is 11.9. The lowest BCUT2D eigenvalue weighted by Crippen LogP contribution is -2.17. The summed E-state index contributed by atoms with van der Waals surface area (Å²) in [6.45, 7) is 3.59. The van der Waals surface area contributed by atoms with Crippen molar-refractivity contribution in [3.8, 4) is 0 Å². The van der Waals surface area contributed by atoms with E-state index in [1.807, 2.05) is 6.07 Å². The zero-order valence-corrected chi connectivity index (χ0v) is 13.5. The van der Waals surface area contributed by atoms with Crippen molar-refractivity contribution in [3.05, 3.63) is 40.5 Å². The number of rotatable bonds is 4. The van der Waals surface area contributed by atoms with Crippen LogP contribution in [0.25, 0.3) is 0 Å². The summed E-state index contributed by atoms with van der Waals surface area (Å²) in [5.74, 6) is -0.00301. The summed E-state index contributed by atoms with van der Waals surface area (Å²) >= 11 is 3.33. The van der Waals surface area contributed by atoms with Crippen molar-refractivity contribution in [2.24, 2.45) is 0 Å². The molecule has 0 radical (unpaired) electrons. The molecule has 0 aliphatic heterocycles. The monoisotopic (exact) mass is 374 g/mol. The van der Waals surface area contributed by atoms with Crippen molar-refractivity contribution in [1.82, 2.24) is 9.97 Å². The maximum atomic E-state index is 12.9. The van der Waals surface area contributed by atoms with E-state index in [-0.39, 0.29) is 17.8 Å². The highest BCUT2D eigenvalue weighted by Gasteiger charge is 2.33. The Kier molecular flexibility index (Phi) is 4.90. The van der Waals surface area contributed by atoms with E-state index in [0.29, 0.717) is 5.69 Å². The average Bonchev–Trinajstić information content (AvgIpc) is 2.39. The molecular formula is C14H14BrF3N4. The molecule has 2 rings (SSSR count). The van der Waals surface area contributed by atoms with Gasteiger partial charge in [0.05, 0.1) is 5.69 Å². The first-order valence-corrected chi connectivity index (χ1v) is 7.29. The van der Waals surface area contributed by atoms with Gasteiger partial charge in [-0.1, -0.05) is 12.1 Å². The van der Waals surface area contributed by atoms with Gasteiger partial charge in [-0.15, -0.1) is 0 Å². The van der Waals surface area contributed by atoms with Gasteiger partial charge in [0, 0.05) is 16.6 Å². The number of para-hydroxylation sites is 1. The normalized spacial score (nSPS) is 11.6. The highest BCUT2D eigenvalue weighted by Crippen LogP contribution is 2.31. The smallest absolute Gasteiger partial charge is 0.352 e. The highest BCUT2D eigenvalue weighted by molar-refractivity contribution is 9.10. The molecule has 0 amide bonds. The number of halogens is 4. The molecule has 0 unspecified atom stereocenters. The van der Waals surface area contributed by atoms with Crippen LogP contribution in [0.1, 0.15) is 19.5 Å². The fraction of sp³-hybridized carbons (Fsp3) is 0.286. The molecule has 0 aliphatic rings. The number of alkyl halides is 3. The largest absolute Gasteiger partial charge is 0.433 e. The van der Waals surface area contributed by atoms with Crippen LogP contribution in [0.4, 0.5) is 30.6 Å². The van der Waals surface area contributed by atoms with Crippen molar-refractivity contribution in [3.63, 3.8) is 0 Å². The van der Waals surface area contributed by atoms with Gasteiger partial charge in [0.1, 0.15) is 5.82 Å². The number of hydrogen-bond donors (Lipinski definition) is 2. The summed E-state index contributed by atoms with van der Waals surface area (Å²) in [4.78, 5) is 7.58. The molecule has 1 aromatic carbocycles. The Morgan fingerprint density at radius 3 is 2.41 bits per heavy atom. The highest BCUT2D eigenvalue weighted by atomic mass is 79.9. The van der Waals surface area contributed by atoms with Crippen LogP contribution in [0.5, 0.6) is 0 Å². The zero-order chi connectivity index (χ0) is 16.3. The average molecular weight is 375 g/mol. The number of benzene rings is 1. The van der Waals surface area contributed by atoms with Gasteiger partial charge in [-0.25, -0.2) is 4.98 Å².